The Kier molecular flexibility index (Phi) is 8.45. The van der Waals surface area contributed by atoms with Gasteiger partial charge >= 0.3 is 35.7 Å². The van der Waals surface area contributed by atoms with Crippen molar-refractivity contribution in [3.05, 3.63) is 71.3 Å². The van der Waals surface area contributed by atoms with Gasteiger partial charge in [0.1, 0.15) is 11.6 Å². The average Bonchev–Trinajstić information content (AvgIpc) is 2.37. The number of rotatable bonds is 2. The van der Waals surface area contributed by atoms with Crippen LogP contribution in [0.25, 0.3) is 0 Å². The third-order valence-electron chi connectivity index (χ3n) is 2.17. The molecule has 106 valence electrons. The number of ketones is 1. The zero-order chi connectivity index (χ0) is 15.1. The summed E-state index contributed by atoms with van der Waals surface area (Å²) >= 11 is 0. The van der Waals surface area contributed by atoms with E-state index in [1.54, 1.807) is 0 Å². The molecule has 2 N–H and O–H groups in total. The Morgan fingerprint density at radius 1 is 0.810 bits per heavy atom. The summed E-state index contributed by atoms with van der Waals surface area (Å²) in [5.41, 5.74) is 0.427. The quantitative estimate of drug-likeness (QED) is 0.661. The van der Waals surface area contributed by atoms with Gasteiger partial charge in [-0.1, -0.05) is 24.3 Å². The van der Waals surface area contributed by atoms with Gasteiger partial charge in [0.15, 0.2) is 5.78 Å². The molecule has 0 radical (unpaired) electrons. The molecular weight excluding hydrogens is 293 g/mol. The van der Waals surface area contributed by atoms with Crippen LogP contribution in [-0.2, 0) is 0 Å². The minimum atomic E-state index is -1.83. The van der Waals surface area contributed by atoms with Crippen LogP contribution < -0.4 is 0 Å². The first-order valence-corrected chi connectivity index (χ1v) is 5.38. The summed E-state index contributed by atoms with van der Waals surface area (Å²) in [7, 11) is 0. The molecule has 0 bridgehead atoms. The van der Waals surface area contributed by atoms with Crippen LogP contribution in [0.1, 0.15) is 15.9 Å². The molecule has 0 atom stereocenters. The fourth-order valence-electron chi connectivity index (χ4n) is 1.43. The molecule has 0 aromatic heterocycles. The molecule has 0 unspecified atom stereocenters. The van der Waals surface area contributed by atoms with Crippen molar-refractivity contribution < 1.29 is 28.6 Å². The Morgan fingerprint density at radius 3 is 1.43 bits per heavy atom. The van der Waals surface area contributed by atoms with Crippen LogP contribution in [0, 0.1) is 11.6 Å². The first kappa shape index (κ1) is 19.2. The maximum absolute atomic E-state index is 12.9. The van der Waals surface area contributed by atoms with E-state index in [0.717, 1.165) is 12.1 Å². The van der Waals surface area contributed by atoms with E-state index in [-0.39, 0.29) is 46.5 Å². The second-order valence-electron chi connectivity index (χ2n) is 3.63. The second kappa shape index (κ2) is 9.23. The fraction of sp³-hybridized carbons (Fsp3) is 0. The molecule has 0 amide bonds. The van der Waals surface area contributed by atoms with Gasteiger partial charge in [-0.25, -0.2) is 13.6 Å². The minimum absolute atomic E-state index is 0. The van der Waals surface area contributed by atoms with Crippen molar-refractivity contribution >= 4 is 41.5 Å². The molecule has 2 aromatic rings. The Morgan fingerprint density at radius 2 is 1.14 bits per heavy atom. The van der Waals surface area contributed by atoms with Crippen LogP contribution in [0.2, 0.25) is 0 Å². The summed E-state index contributed by atoms with van der Waals surface area (Å²) in [4.78, 5) is 20.4. The van der Waals surface area contributed by atoms with Crippen LogP contribution in [-0.4, -0.2) is 51.7 Å². The summed E-state index contributed by atoms with van der Waals surface area (Å²) in [6, 6.07) is 10.7. The molecule has 2 aromatic carbocycles. The van der Waals surface area contributed by atoms with Crippen molar-refractivity contribution in [2.24, 2.45) is 0 Å². The summed E-state index contributed by atoms with van der Waals surface area (Å²) in [6.45, 7) is 0. The number of carbonyl (C=O) groups excluding carboxylic acids is 1. The van der Waals surface area contributed by atoms with Gasteiger partial charge in [-0.05, 0) is 24.3 Å². The number of benzene rings is 2. The van der Waals surface area contributed by atoms with Gasteiger partial charge in [-0.15, -0.1) is 0 Å². The van der Waals surface area contributed by atoms with Gasteiger partial charge in [0.05, 0.1) is 0 Å². The van der Waals surface area contributed by atoms with E-state index in [0.29, 0.717) is 0 Å². The molecular formula is C14H11F2NaO4. The van der Waals surface area contributed by atoms with Crippen LogP contribution >= 0.6 is 0 Å². The first-order chi connectivity index (χ1) is 9.40. The standard InChI is InChI=1S/C13H8F2O.CH2O3.Na.H/c14-11-5-1-3-9(7-11)13(16)10-4-2-6-12(15)8-10;2-1(3)4;;/h1-8H;(H2,2,3,4);;. The predicted molar refractivity (Wildman–Crippen MR) is 74.0 cm³/mol. The molecule has 0 saturated carbocycles. The Bertz CT molecular complexity index is 580. The molecule has 0 heterocycles. The summed E-state index contributed by atoms with van der Waals surface area (Å²) in [5, 5.41) is 13.9. The number of carbonyl (C=O) groups is 2. The first-order valence-electron chi connectivity index (χ1n) is 5.38. The SMILES string of the molecule is O=C(O)O.O=C(c1cccc(F)c1)c1cccc(F)c1.[NaH]. The van der Waals surface area contributed by atoms with E-state index in [1.165, 1.54) is 36.4 Å². The van der Waals surface area contributed by atoms with Gasteiger partial charge < -0.3 is 10.2 Å². The molecule has 2 rings (SSSR count). The van der Waals surface area contributed by atoms with Crippen LogP contribution in [0.3, 0.4) is 0 Å². The summed E-state index contributed by atoms with van der Waals surface area (Å²) in [6.07, 6.45) is -1.83. The molecule has 7 heteroatoms. The molecule has 0 aliphatic heterocycles. The molecule has 4 nitrogen and oxygen atoms in total. The predicted octanol–water partition coefficient (Wildman–Crippen LogP) is 2.77. The number of hydrogen-bond donors (Lipinski definition) is 2. The van der Waals surface area contributed by atoms with Crippen molar-refractivity contribution in [2.45, 2.75) is 0 Å². The molecule has 0 fully saturated rings. The normalized spacial score (nSPS) is 8.86. The van der Waals surface area contributed by atoms with E-state index in [9.17, 15) is 13.6 Å². The van der Waals surface area contributed by atoms with Gasteiger partial charge in [-0.2, -0.15) is 0 Å². The van der Waals surface area contributed by atoms with Gasteiger partial charge in [0, 0.05) is 11.1 Å². The number of halogens is 2. The van der Waals surface area contributed by atoms with Crippen molar-refractivity contribution in [1.29, 1.82) is 0 Å². The average molecular weight is 304 g/mol. The van der Waals surface area contributed by atoms with E-state index in [2.05, 4.69) is 0 Å². The van der Waals surface area contributed by atoms with E-state index >= 15 is 0 Å². The molecule has 0 aliphatic carbocycles. The van der Waals surface area contributed by atoms with Crippen molar-refractivity contribution in [2.75, 3.05) is 0 Å². The van der Waals surface area contributed by atoms with Crippen LogP contribution in [0.5, 0.6) is 0 Å². The third-order valence-corrected chi connectivity index (χ3v) is 2.17. The van der Waals surface area contributed by atoms with Crippen molar-refractivity contribution in [3.63, 3.8) is 0 Å². The van der Waals surface area contributed by atoms with Crippen molar-refractivity contribution in [3.8, 4) is 0 Å². The fourth-order valence-corrected chi connectivity index (χ4v) is 1.43. The molecule has 0 aliphatic rings. The zero-order valence-electron chi connectivity index (χ0n) is 10.1. The number of carboxylic acid groups (broad SMARTS) is 2. The monoisotopic (exact) mass is 304 g/mol. The van der Waals surface area contributed by atoms with Gasteiger partial charge in [-0.3, -0.25) is 4.79 Å². The maximum atomic E-state index is 12.9. The third kappa shape index (κ3) is 6.99. The molecule has 0 spiro atoms. The number of hydrogen-bond acceptors (Lipinski definition) is 2. The van der Waals surface area contributed by atoms with Crippen molar-refractivity contribution in [1.82, 2.24) is 0 Å². The summed E-state index contributed by atoms with van der Waals surface area (Å²) < 4.78 is 25.8. The molecule has 0 saturated heterocycles. The molecule has 21 heavy (non-hydrogen) atoms. The van der Waals surface area contributed by atoms with E-state index in [4.69, 9.17) is 15.0 Å². The van der Waals surface area contributed by atoms with Crippen LogP contribution in [0.15, 0.2) is 48.5 Å². The Balaban J connectivity index is 0.000000715. The van der Waals surface area contributed by atoms with Gasteiger partial charge in [0.25, 0.3) is 0 Å². The Labute approximate surface area is 141 Å². The zero-order valence-corrected chi connectivity index (χ0v) is 10.1. The Hall–Kier alpha value is -1.76. The van der Waals surface area contributed by atoms with E-state index < -0.39 is 17.8 Å². The topological polar surface area (TPSA) is 74.6 Å². The summed E-state index contributed by atoms with van der Waals surface area (Å²) in [5.74, 6) is -1.36. The second-order valence-corrected chi connectivity index (χ2v) is 3.63. The van der Waals surface area contributed by atoms with Crippen LogP contribution in [0.4, 0.5) is 13.6 Å². The van der Waals surface area contributed by atoms with E-state index in [1.807, 2.05) is 0 Å². The van der Waals surface area contributed by atoms with Gasteiger partial charge in [0.2, 0.25) is 0 Å².